The molecule has 0 N–H and O–H groups in total. The van der Waals surface area contributed by atoms with Crippen molar-refractivity contribution in [3.8, 4) is 17.6 Å². The first-order valence-corrected chi connectivity index (χ1v) is 13.2. The molecule has 1 aliphatic carbocycles. The number of rotatable bonds is 11. The Balaban J connectivity index is 1.49. The zero-order chi connectivity index (χ0) is 26.9. The van der Waals surface area contributed by atoms with Gasteiger partial charge in [-0.15, -0.1) is 0 Å². The van der Waals surface area contributed by atoms with Crippen LogP contribution in [0.2, 0.25) is 0 Å². The summed E-state index contributed by atoms with van der Waals surface area (Å²) in [7, 11) is 7.39. The van der Waals surface area contributed by atoms with Crippen molar-refractivity contribution in [2.45, 2.75) is 39.2 Å². The van der Waals surface area contributed by atoms with Gasteiger partial charge in [0.1, 0.15) is 11.6 Å². The second kappa shape index (κ2) is 10.9. The van der Waals surface area contributed by atoms with Gasteiger partial charge in [-0.2, -0.15) is 9.97 Å². The predicted octanol–water partition coefficient (Wildman–Crippen LogP) is 4.61. The number of aromatic nitrogens is 2. The molecule has 2 aliphatic rings. The molecule has 0 amide bonds. The first kappa shape index (κ1) is 26.4. The highest BCUT2D eigenvalue weighted by molar-refractivity contribution is 5.98. The van der Waals surface area contributed by atoms with Crippen molar-refractivity contribution in [3.05, 3.63) is 46.9 Å². The standard InChI is InChI=1S/C29H37FN4O4/c1-6-21-23(30)8-7-19-13-20(38-18-35-4)14-25(26(19)21)34-12-9-22-24(15-34)31-28(32-27(22)36-5)37-17-29(10-11-29)16-33(2)3/h7-8,13-14H,6,9-12,15-18H2,1-5H3. The van der Waals surface area contributed by atoms with Crippen LogP contribution in [0.25, 0.3) is 10.8 Å². The maximum Gasteiger partial charge on any atom is 0.320 e. The average molecular weight is 525 g/mol. The van der Waals surface area contributed by atoms with Gasteiger partial charge < -0.3 is 28.7 Å². The lowest BCUT2D eigenvalue weighted by molar-refractivity contribution is 0.0512. The maximum atomic E-state index is 14.9. The van der Waals surface area contributed by atoms with Gasteiger partial charge in [0.2, 0.25) is 5.88 Å². The minimum Gasteiger partial charge on any atom is -0.481 e. The van der Waals surface area contributed by atoms with Crippen LogP contribution in [0.15, 0.2) is 24.3 Å². The minimum absolute atomic E-state index is 0.135. The number of hydrogen-bond donors (Lipinski definition) is 0. The van der Waals surface area contributed by atoms with E-state index in [0.29, 0.717) is 55.7 Å². The molecule has 38 heavy (non-hydrogen) atoms. The molecule has 1 fully saturated rings. The summed E-state index contributed by atoms with van der Waals surface area (Å²) in [5, 5.41) is 1.83. The van der Waals surface area contributed by atoms with E-state index in [9.17, 15) is 4.39 Å². The number of methoxy groups -OCH3 is 2. The lowest BCUT2D eigenvalue weighted by Gasteiger charge is -2.32. The highest BCUT2D eigenvalue weighted by atomic mass is 19.1. The molecular weight excluding hydrogens is 487 g/mol. The van der Waals surface area contributed by atoms with Crippen LogP contribution >= 0.6 is 0 Å². The van der Waals surface area contributed by atoms with Crippen LogP contribution < -0.4 is 19.1 Å². The molecule has 8 nitrogen and oxygen atoms in total. The van der Waals surface area contributed by atoms with E-state index in [0.717, 1.165) is 47.1 Å². The molecule has 0 unspecified atom stereocenters. The molecule has 204 valence electrons. The number of hydrogen-bond acceptors (Lipinski definition) is 8. The summed E-state index contributed by atoms with van der Waals surface area (Å²) in [6.07, 6.45) is 3.57. The van der Waals surface area contributed by atoms with Gasteiger partial charge in [-0.25, -0.2) is 4.39 Å². The Hall–Kier alpha value is -3.17. The van der Waals surface area contributed by atoms with Crippen molar-refractivity contribution >= 4 is 16.5 Å². The topological polar surface area (TPSA) is 69.2 Å². The minimum atomic E-state index is -0.198. The highest BCUT2D eigenvalue weighted by Crippen LogP contribution is 2.46. The van der Waals surface area contributed by atoms with E-state index in [2.05, 4.69) is 28.9 Å². The van der Waals surface area contributed by atoms with Crippen molar-refractivity contribution in [1.29, 1.82) is 0 Å². The number of anilines is 1. The summed E-state index contributed by atoms with van der Waals surface area (Å²) in [4.78, 5) is 13.8. The Labute approximate surface area is 223 Å². The second-order valence-corrected chi connectivity index (χ2v) is 10.6. The molecule has 0 saturated heterocycles. The number of nitrogens with zero attached hydrogens (tertiary/aromatic N) is 4. The van der Waals surface area contributed by atoms with Gasteiger partial charge in [-0.05, 0) is 62.9 Å². The number of ether oxygens (including phenoxy) is 4. The fraction of sp³-hybridized carbons (Fsp3) is 0.517. The Kier molecular flexibility index (Phi) is 7.59. The van der Waals surface area contributed by atoms with Gasteiger partial charge in [0, 0.05) is 48.3 Å². The molecule has 1 saturated carbocycles. The SMILES string of the molecule is CCc1c(F)ccc2cc(OCOC)cc(N3CCc4c(nc(OCC5(CN(C)C)CC5)nc4OC)C3)c12. The average Bonchev–Trinajstić information content (AvgIpc) is 3.68. The third-order valence-corrected chi connectivity index (χ3v) is 7.47. The second-order valence-electron chi connectivity index (χ2n) is 10.6. The van der Waals surface area contributed by atoms with Crippen LogP contribution in [0.5, 0.6) is 17.6 Å². The van der Waals surface area contributed by atoms with Crippen LogP contribution in [0, 0.1) is 11.2 Å². The summed E-state index contributed by atoms with van der Waals surface area (Å²) in [6, 6.07) is 7.59. The number of benzene rings is 2. The van der Waals surface area contributed by atoms with Gasteiger partial charge in [0.25, 0.3) is 0 Å². The molecule has 1 aliphatic heterocycles. The number of fused-ring (bicyclic) bond motifs is 2. The normalized spacial score (nSPS) is 16.0. The fourth-order valence-electron chi connectivity index (χ4n) is 5.50. The molecule has 2 aromatic carbocycles. The van der Waals surface area contributed by atoms with Crippen LogP contribution in [0.3, 0.4) is 0 Å². The van der Waals surface area contributed by atoms with E-state index in [-0.39, 0.29) is 18.0 Å². The summed E-state index contributed by atoms with van der Waals surface area (Å²) < 4.78 is 37.6. The fourth-order valence-corrected chi connectivity index (χ4v) is 5.50. The molecular formula is C29H37FN4O4. The molecule has 3 aromatic rings. The molecule has 0 atom stereocenters. The van der Waals surface area contributed by atoms with Gasteiger partial charge in [-0.1, -0.05) is 13.0 Å². The summed E-state index contributed by atoms with van der Waals surface area (Å²) in [5.41, 5.74) is 3.63. The number of aryl methyl sites for hydroxylation is 1. The highest BCUT2D eigenvalue weighted by Gasteiger charge is 2.44. The molecule has 2 heterocycles. The molecule has 0 radical (unpaired) electrons. The van der Waals surface area contributed by atoms with E-state index in [1.165, 1.54) is 6.07 Å². The van der Waals surface area contributed by atoms with Crippen molar-refractivity contribution in [2.75, 3.05) is 59.7 Å². The smallest absolute Gasteiger partial charge is 0.320 e. The Bertz CT molecular complexity index is 1310. The van der Waals surface area contributed by atoms with Crippen molar-refractivity contribution < 1.29 is 23.3 Å². The monoisotopic (exact) mass is 524 g/mol. The summed E-state index contributed by atoms with van der Waals surface area (Å²) in [5.74, 6) is 1.04. The molecule has 9 heteroatoms. The number of halogens is 1. The van der Waals surface area contributed by atoms with Gasteiger partial charge in [-0.3, -0.25) is 0 Å². The van der Waals surface area contributed by atoms with Gasteiger partial charge >= 0.3 is 6.01 Å². The largest absolute Gasteiger partial charge is 0.481 e. The van der Waals surface area contributed by atoms with Crippen molar-refractivity contribution in [3.63, 3.8) is 0 Å². The predicted molar refractivity (Wildman–Crippen MR) is 145 cm³/mol. The van der Waals surface area contributed by atoms with E-state index in [1.807, 2.05) is 25.1 Å². The van der Waals surface area contributed by atoms with E-state index >= 15 is 0 Å². The third-order valence-electron chi connectivity index (χ3n) is 7.47. The molecule has 0 bridgehead atoms. The Morgan fingerprint density at radius 3 is 2.61 bits per heavy atom. The van der Waals surface area contributed by atoms with Crippen molar-refractivity contribution in [2.24, 2.45) is 5.41 Å². The Morgan fingerprint density at radius 2 is 1.92 bits per heavy atom. The molecule has 1 aromatic heterocycles. The lowest BCUT2D eigenvalue weighted by Crippen LogP contribution is -2.32. The maximum absolute atomic E-state index is 14.9. The van der Waals surface area contributed by atoms with E-state index < -0.39 is 0 Å². The third kappa shape index (κ3) is 5.35. The summed E-state index contributed by atoms with van der Waals surface area (Å²) >= 11 is 0. The summed E-state index contributed by atoms with van der Waals surface area (Å²) in [6.45, 7) is 4.91. The van der Waals surface area contributed by atoms with Gasteiger partial charge in [0.05, 0.1) is 26.0 Å². The van der Waals surface area contributed by atoms with Gasteiger partial charge in [0.15, 0.2) is 6.79 Å². The van der Waals surface area contributed by atoms with Crippen LogP contribution in [-0.4, -0.2) is 69.7 Å². The molecule has 0 spiro atoms. The van der Waals surface area contributed by atoms with Crippen LogP contribution in [0.4, 0.5) is 10.1 Å². The van der Waals surface area contributed by atoms with E-state index in [1.54, 1.807) is 14.2 Å². The van der Waals surface area contributed by atoms with E-state index in [4.69, 9.17) is 23.9 Å². The first-order valence-electron chi connectivity index (χ1n) is 13.2. The van der Waals surface area contributed by atoms with Crippen LogP contribution in [0.1, 0.15) is 36.6 Å². The Morgan fingerprint density at radius 1 is 1.11 bits per heavy atom. The quantitative estimate of drug-likeness (QED) is 0.337. The lowest BCUT2D eigenvalue weighted by atomic mass is 9.97. The van der Waals surface area contributed by atoms with Crippen LogP contribution in [-0.2, 0) is 24.1 Å². The molecule has 5 rings (SSSR count). The first-order chi connectivity index (χ1) is 18.4. The van der Waals surface area contributed by atoms with Crippen molar-refractivity contribution in [1.82, 2.24) is 14.9 Å². The zero-order valence-electron chi connectivity index (χ0n) is 23.0. The zero-order valence-corrected chi connectivity index (χ0v) is 23.0.